The van der Waals surface area contributed by atoms with Crippen molar-refractivity contribution in [3.8, 4) is 11.5 Å². The van der Waals surface area contributed by atoms with Crippen molar-refractivity contribution in [2.24, 2.45) is 0 Å². The third-order valence-electron chi connectivity index (χ3n) is 3.24. The molecule has 0 amide bonds. The molecule has 118 valence electrons. The Morgan fingerprint density at radius 1 is 1.27 bits per heavy atom. The molecule has 0 aliphatic carbocycles. The Morgan fingerprint density at radius 2 is 2.05 bits per heavy atom. The number of nitrogens with zero attached hydrogens (tertiary/aromatic N) is 2. The number of benzene rings is 1. The van der Waals surface area contributed by atoms with Crippen molar-refractivity contribution in [1.82, 2.24) is 4.98 Å². The fourth-order valence-corrected chi connectivity index (χ4v) is 2.96. The number of alkyl halides is 3. The van der Waals surface area contributed by atoms with E-state index in [1.165, 1.54) is 0 Å². The zero-order valence-electron chi connectivity index (χ0n) is 11.7. The molecule has 1 aliphatic heterocycles. The lowest BCUT2D eigenvalue weighted by Gasteiger charge is -2.20. The van der Waals surface area contributed by atoms with Crippen LogP contribution in [0.5, 0.6) is 11.5 Å². The van der Waals surface area contributed by atoms with Crippen LogP contribution in [-0.2, 0) is 12.7 Å². The highest BCUT2D eigenvalue weighted by Gasteiger charge is 2.33. The lowest BCUT2D eigenvalue weighted by Crippen LogP contribution is -2.21. The van der Waals surface area contributed by atoms with E-state index >= 15 is 0 Å². The molecule has 0 bridgehead atoms. The quantitative estimate of drug-likeness (QED) is 0.851. The van der Waals surface area contributed by atoms with Crippen LogP contribution in [-0.4, -0.2) is 18.3 Å². The minimum Gasteiger partial charge on any atom is -0.454 e. The Hall–Kier alpha value is -1.96. The van der Waals surface area contributed by atoms with Crippen molar-refractivity contribution in [3.05, 3.63) is 34.8 Å². The number of fused-ring (bicyclic) bond motifs is 1. The van der Waals surface area contributed by atoms with Gasteiger partial charge >= 0.3 is 6.18 Å². The summed E-state index contributed by atoms with van der Waals surface area (Å²) in [6, 6.07) is 5.51. The van der Waals surface area contributed by atoms with Gasteiger partial charge in [-0.15, -0.1) is 0 Å². The van der Waals surface area contributed by atoms with E-state index in [0.29, 0.717) is 41.1 Å². The Morgan fingerprint density at radius 3 is 2.73 bits per heavy atom. The van der Waals surface area contributed by atoms with Gasteiger partial charge in [-0.1, -0.05) is 17.4 Å². The zero-order valence-corrected chi connectivity index (χ0v) is 12.5. The molecule has 3 rings (SSSR count). The number of aromatic nitrogens is 1. The lowest BCUT2D eigenvalue weighted by molar-refractivity contribution is -0.134. The molecule has 4 nitrogen and oxygen atoms in total. The number of ether oxygens (including phenoxy) is 2. The van der Waals surface area contributed by atoms with E-state index in [1.807, 2.05) is 19.1 Å². The second kappa shape index (κ2) is 5.68. The number of hydrogen-bond acceptors (Lipinski definition) is 5. The minimum absolute atomic E-state index is 0.192. The molecule has 2 heterocycles. The summed E-state index contributed by atoms with van der Waals surface area (Å²) in [6.07, 6.45) is -3.48. The molecule has 1 aromatic heterocycles. The van der Waals surface area contributed by atoms with Crippen LogP contribution in [0.3, 0.4) is 0 Å². The van der Waals surface area contributed by atoms with Crippen LogP contribution in [0.2, 0.25) is 0 Å². The van der Waals surface area contributed by atoms with Gasteiger partial charge in [0.05, 0.1) is 6.20 Å². The topological polar surface area (TPSA) is 34.6 Å². The number of rotatable bonds is 4. The summed E-state index contributed by atoms with van der Waals surface area (Å²) in [5.41, 5.74) is 0.926. The Balaban J connectivity index is 1.78. The standard InChI is InChI=1S/C14H13F3N2O2S/c1-2-19(13-18-6-12(22-13)14(15,16)17)7-9-3-4-10-11(5-9)21-8-20-10/h3-6H,2,7-8H2,1H3. The lowest BCUT2D eigenvalue weighted by atomic mass is 10.2. The summed E-state index contributed by atoms with van der Waals surface area (Å²) in [5, 5.41) is 0.354. The van der Waals surface area contributed by atoms with E-state index in [0.717, 1.165) is 11.8 Å². The molecule has 22 heavy (non-hydrogen) atoms. The first-order chi connectivity index (χ1) is 10.5. The monoisotopic (exact) mass is 330 g/mol. The van der Waals surface area contributed by atoms with Gasteiger partial charge in [0.2, 0.25) is 6.79 Å². The summed E-state index contributed by atoms with van der Waals surface area (Å²) in [4.78, 5) is 4.99. The predicted molar refractivity (Wildman–Crippen MR) is 76.4 cm³/mol. The molecule has 0 radical (unpaired) electrons. The smallest absolute Gasteiger partial charge is 0.427 e. The first-order valence-electron chi connectivity index (χ1n) is 6.64. The van der Waals surface area contributed by atoms with Crippen LogP contribution in [0.15, 0.2) is 24.4 Å². The Bertz CT molecular complexity index is 672. The van der Waals surface area contributed by atoms with Crippen molar-refractivity contribution >= 4 is 16.5 Å². The van der Waals surface area contributed by atoms with Crippen LogP contribution in [0.25, 0.3) is 0 Å². The highest BCUT2D eigenvalue weighted by Crippen LogP contribution is 2.37. The van der Waals surface area contributed by atoms with Crippen molar-refractivity contribution in [1.29, 1.82) is 0 Å². The molecule has 8 heteroatoms. The SMILES string of the molecule is CCN(Cc1ccc2c(c1)OCO2)c1ncc(C(F)(F)F)s1. The predicted octanol–water partition coefficient (Wildman–Crippen LogP) is 3.92. The summed E-state index contributed by atoms with van der Waals surface area (Å²) >= 11 is 0.651. The van der Waals surface area contributed by atoms with Gasteiger partial charge in [-0.2, -0.15) is 13.2 Å². The van der Waals surface area contributed by atoms with Crippen molar-refractivity contribution in [3.63, 3.8) is 0 Å². The molecule has 0 fully saturated rings. The summed E-state index contributed by atoms with van der Waals surface area (Å²) in [6.45, 7) is 3.08. The second-order valence-electron chi connectivity index (χ2n) is 4.71. The van der Waals surface area contributed by atoms with E-state index in [2.05, 4.69) is 4.98 Å². The van der Waals surface area contributed by atoms with Crippen molar-refractivity contribution in [2.75, 3.05) is 18.2 Å². The van der Waals surface area contributed by atoms with Crippen molar-refractivity contribution < 1.29 is 22.6 Å². The third-order valence-corrected chi connectivity index (χ3v) is 4.34. The average molecular weight is 330 g/mol. The number of hydrogen-bond donors (Lipinski definition) is 0. The number of anilines is 1. The normalized spacial score (nSPS) is 13.5. The van der Waals surface area contributed by atoms with E-state index in [4.69, 9.17) is 9.47 Å². The second-order valence-corrected chi connectivity index (χ2v) is 5.72. The van der Waals surface area contributed by atoms with Gasteiger partial charge < -0.3 is 14.4 Å². The number of thiazole rings is 1. The van der Waals surface area contributed by atoms with Gasteiger partial charge in [-0.25, -0.2) is 4.98 Å². The highest BCUT2D eigenvalue weighted by atomic mass is 32.1. The molecule has 0 spiro atoms. The number of halogens is 3. The summed E-state index contributed by atoms with van der Waals surface area (Å²) < 4.78 is 48.5. The van der Waals surface area contributed by atoms with E-state index in [-0.39, 0.29) is 6.79 Å². The largest absolute Gasteiger partial charge is 0.454 e. The first-order valence-corrected chi connectivity index (χ1v) is 7.45. The van der Waals surface area contributed by atoms with Crippen LogP contribution in [0.1, 0.15) is 17.4 Å². The zero-order chi connectivity index (χ0) is 15.7. The molecule has 1 aromatic carbocycles. The highest BCUT2D eigenvalue weighted by molar-refractivity contribution is 7.15. The Kier molecular flexibility index (Phi) is 3.86. The minimum atomic E-state index is -4.35. The van der Waals surface area contributed by atoms with Crippen LogP contribution < -0.4 is 14.4 Å². The summed E-state index contributed by atoms with van der Waals surface area (Å²) in [7, 11) is 0. The maximum atomic E-state index is 12.7. The van der Waals surface area contributed by atoms with E-state index in [9.17, 15) is 13.2 Å². The van der Waals surface area contributed by atoms with Crippen LogP contribution >= 0.6 is 11.3 Å². The van der Waals surface area contributed by atoms with E-state index < -0.39 is 11.1 Å². The first kappa shape index (κ1) is 15.0. The molecule has 0 unspecified atom stereocenters. The molecule has 0 saturated carbocycles. The molecule has 0 saturated heterocycles. The van der Waals surface area contributed by atoms with Gasteiger partial charge in [0.1, 0.15) is 4.88 Å². The van der Waals surface area contributed by atoms with Gasteiger partial charge in [-0.3, -0.25) is 0 Å². The van der Waals surface area contributed by atoms with E-state index in [1.54, 1.807) is 11.0 Å². The third kappa shape index (κ3) is 2.96. The molecule has 0 atom stereocenters. The van der Waals surface area contributed by atoms with Gasteiger partial charge in [0.15, 0.2) is 16.6 Å². The molecular weight excluding hydrogens is 317 g/mol. The van der Waals surface area contributed by atoms with Gasteiger partial charge in [0.25, 0.3) is 0 Å². The van der Waals surface area contributed by atoms with Crippen LogP contribution in [0, 0.1) is 0 Å². The van der Waals surface area contributed by atoms with Crippen LogP contribution in [0.4, 0.5) is 18.3 Å². The fourth-order valence-electron chi connectivity index (χ4n) is 2.12. The molecule has 1 aliphatic rings. The maximum Gasteiger partial charge on any atom is 0.427 e. The Labute approximate surface area is 129 Å². The average Bonchev–Trinajstić information content (AvgIpc) is 3.12. The fraction of sp³-hybridized carbons (Fsp3) is 0.357. The summed E-state index contributed by atoms with van der Waals surface area (Å²) in [5.74, 6) is 1.34. The van der Waals surface area contributed by atoms with Gasteiger partial charge in [0, 0.05) is 13.1 Å². The van der Waals surface area contributed by atoms with Crippen molar-refractivity contribution in [2.45, 2.75) is 19.6 Å². The molecule has 0 N–H and O–H groups in total. The molecular formula is C14H13F3N2O2S. The molecule has 2 aromatic rings. The van der Waals surface area contributed by atoms with Gasteiger partial charge in [-0.05, 0) is 24.6 Å². The maximum absolute atomic E-state index is 12.7.